The summed E-state index contributed by atoms with van der Waals surface area (Å²) in [6, 6.07) is 8.09. The Morgan fingerprint density at radius 3 is 2.85 bits per heavy atom. The maximum Gasteiger partial charge on any atom is 0.229 e. The molecule has 1 unspecified atom stereocenters. The minimum absolute atomic E-state index is 0.469. The lowest BCUT2D eigenvalue weighted by molar-refractivity contribution is 0.126. The van der Waals surface area contributed by atoms with Gasteiger partial charge in [0.25, 0.3) is 0 Å². The Labute approximate surface area is 201 Å². The number of hydrogen-bond acceptors (Lipinski definition) is 8. The van der Waals surface area contributed by atoms with Crippen LogP contribution in [0.2, 0.25) is 0 Å². The van der Waals surface area contributed by atoms with Gasteiger partial charge in [-0.25, -0.2) is 4.98 Å². The van der Waals surface area contributed by atoms with Crippen LogP contribution in [0.1, 0.15) is 24.8 Å². The second-order valence-corrected chi connectivity index (χ2v) is 9.21. The van der Waals surface area contributed by atoms with Crippen molar-refractivity contribution in [3.63, 3.8) is 0 Å². The summed E-state index contributed by atoms with van der Waals surface area (Å²) in [5, 5.41) is 3.37. The normalized spacial score (nSPS) is 22.6. The van der Waals surface area contributed by atoms with Crippen LogP contribution in [0.25, 0.3) is 0 Å². The van der Waals surface area contributed by atoms with E-state index in [1.54, 1.807) is 0 Å². The Morgan fingerprint density at radius 1 is 1.06 bits per heavy atom. The van der Waals surface area contributed by atoms with Crippen molar-refractivity contribution >= 4 is 17.5 Å². The van der Waals surface area contributed by atoms with E-state index in [2.05, 4.69) is 26.2 Å². The van der Waals surface area contributed by atoms with Crippen molar-refractivity contribution in [3.8, 4) is 5.75 Å². The lowest BCUT2D eigenvalue weighted by Crippen LogP contribution is -2.25. The topological polar surface area (TPSA) is 72.0 Å². The number of rotatable bonds is 4. The summed E-state index contributed by atoms with van der Waals surface area (Å²) in [5.41, 5.74) is 1.93. The van der Waals surface area contributed by atoms with Crippen molar-refractivity contribution in [1.82, 2.24) is 14.9 Å². The van der Waals surface area contributed by atoms with Gasteiger partial charge >= 0.3 is 0 Å². The van der Waals surface area contributed by atoms with Gasteiger partial charge in [0.05, 0.1) is 26.4 Å². The zero-order valence-electron chi connectivity index (χ0n) is 19.8. The maximum atomic E-state index is 6.17. The Bertz CT molecular complexity index is 963. The van der Waals surface area contributed by atoms with Crippen LogP contribution in [0.3, 0.4) is 0 Å². The van der Waals surface area contributed by atoms with Crippen LogP contribution in [-0.2, 0) is 16.1 Å². The first kappa shape index (κ1) is 23.1. The zero-order valence-corrected chi connectivity index (χ0v) is 19.8. The summed E-state index contributed by atoms with van der Waals surface area (Å²) in [4.78, 5) is 14.0. The molecule has 3 aliphatic rings. The number of hydrogen-bond donors (Lipinski definition) is 1. The predicted octanol–water partition coefficient (Wildman–Crippen LogP) is 3.62. The zero-order chi connectivity index (χ0) is 23.0. The molecule has 2 aromatic rings. The van der Waals surface area contributed by atoms with Crippen LogP contribution in [0, 0.1) is 5.92 Å². The summed E-state index contributed by atoms with van der Waals surface area (Å²) in [6.07, 6.45) is 9.58. The molecule has 2 saturated heterocycles. The molecule has 1 atom stereocenters. The molecule has 0 amide bonds. The summed E-state index contributed by atoms with van der Waals surface area (Å²) >= 11 is 0. The molecule has 0 radical (unpaired) electrons. The highest BCUT2D eigenvalue weighted by atomic mass is 16.5. The van der Waals surface area contributed by atoms with Crippen molar-refractivity contribution in [2.75, 3.05) is 69.4 Å². The molecule has 4 heterocycles. The van der Waals surface area contributed by atoms with E-state index in [0.29, 0.717) is 38.3 Å². The molecule has 8 nitrogen and oxygen atoms in total. The fourth-order valence-corrected chi connectivity index (χ4v) is 4.77. The third kappa shape index (κ3) is 6.25. The molecule has 3 aliphatic heterocycles. The van der Waals surface area contributed by atoms with Gasteiger partial charge in [-0.05, 0) is 56.6 Å². The van der Waals surface area contributed by atoms with Crippen LogP contribution in [-0.4, -0.2) is 74.0 Å². The van der Waals surface area contributed by atoms with E-state index in [-0.39, 0.29) is 0 Å². The largest absolute Gasteiger partial charge is 0.492 e. The molecule has 0 aliphatic carbocycles. The standard InChI is InChI=1S/C26H35N5O3/c1-2-11-30(10-1)13-16-34-24-6-5-23-17-22(24)20-33-15-4-3-14-32-19-21-8-12-31(18-21)25-7-9-27-26(28-23)29-25/h3-7,9,17,21H,1-2,8,10-16,18-20H2,(H,27,28,29)/b4-3+. The molecule has 182 valence electrons. The Balaban J connectivity index is 1.32. The first-order valence-corrected chi connectivity index (χ1v) is 12.5. The molecule has 2 fully saturated rings. The van der Waals surface area contributed by atoms with E-state index >= 15 is 0 Å². The first-order valence-electron chi connectivity index (χ1n) is 12.5. The highest BCUT2D eigenvalue weighted by molar-refractivity contribution is 5.58. The summed E-state index contributed by atoms with van der Waals surface area (Å²) in [7, 11) is 0. The number of fused-ring (bicyclic) bond motifs is 7. The number of likely N-dealkylation sites (tertiary alicyclic amines) is 1. The van der Waals surface area contributed by atoms with Crippen molar-refractivity contribution in [1.29, 1.82) is 0 Å². The van der Waals surface area contributed by atoms with Gasteiger partial charge in [-0.3, -0.25) is 4.90 Å². The number of anilines is 3. The van der Waals surface area contributed by atoms with Crippen LogP contribution >= 0.6 is 0 Å². The summed E-state index contributed by atoms with van der Waals surface area (Å²) in [6.45, 7) is 8.32. The fraction of sp³-hybridized carbons (Fsp3) is 0.538. The van der Waals surface area contributed by atoms with Crippen LogP contribution in [0.4, 0.5) is 17.5 Å². The highest BCUT2D eigenvalue weighted by Crippen LogP contribution is 2.27. The van der Waals surface area contributed by atoms with E-state index in [4.69, 9.17) is 19.2 Å². The van der Waals surface area contributed by atoms with Crippen LogP contribution < -0.4 is 15.0 Å². The van der Waals surface area contributed by atoms with Gasteiger partial charge in [0.1, 0.15) is 18.2 Å². The van der Waals surface area contributed by atoms with Crippen molar-refractivity contribution in [2.24, 2.45) is 5.92 Å². The highest BCUT2D eigenvalue weighted by Gasteiger charge is 2.24. The van der Waals surface area contributed by atoms with E-state index < -0.39 is 0 Å². The molecule has 34 heavy (non-hydrogen) atoms. The fourth-order valence-electron chi connectivity index (χ4n) is 4.77. The smallest absolute Gasteiger partial charge is 0.229 e. The van der Waals surface area contributed by atoms with E-state index in [0.717, 1.165) is 55.5 Å². The SMILES string of the molecule is C1=C/COCC2CCN(C2)c2ccnc(n2)Nc2ccc(OCCN3CCCC3)c(c2)COC/1. The van der Waals surface area contributed by atoms with Gasteiger partial charge < -0.3 is 24.4 Å². The number of nitrogens with zero attached hydrogens (tertiary/aromatic N) is 4. The average Bonchev–Trinajstić information content (AvgIpc) is 3.54. The second-order valence-electron chi connectivity index (χ2n) is 9.21. The van der Waals surface area contributed by atoms with E-state index in [9.17, 15) is 0 Å². The number of aromatic nitrogens is 2. The average molecular weight is 466 g/mol. The molecular formula is C26H35N5O3. The second kappa shape index (κ2) is 11.6. The van der Waals surface area contributed by atoms with E-state index in [1.165, 1.54) is 25.9 Å². The molecule has 0 spiro atoms. The lowest BCUT2D eigenvalue weighted by Gasteiger charge is -2.19. The van der Waals surface area contributed by atoms with Crippen molar-refractivity contribution in [2.45, 2.75) is 25.9 Å². The Morgan fingerprint density at radius 2 is 1.94 bits per heavy atom. The number of ether oxygens (including phenoxy) is 3. The van der Waals surface area contributed by atoms with Crippen LogP contribution in [0.15, 0.2) is 42.6 Å². The van der Waals surface area contributed by atoms with Crippen molar-refractivity contribution in [3.05, 3.63) is 48.2 Å². The van der Waals surface area contributed by atoms with Gasteiger partial charge in [-0.1, -0.05) is 12.2 Å². The van der Waals surface area contributed by atoms with Gasteiger partial charge in [0, 0.05) is 43.0 Å². The Hall–Kier alpha value is -2.68. The number of nitrogens with one attached hydrogen (secondary N) is 1. The van der Waals surface area contributed by atoms with Gasteiger partial charge in [-0.15, -0.1) is 0 Å². The van der Waals surface area contributed by atoms with Gasteiger partial charge in [0.2, 0.25) is 5.95 Å². The molecule has 6 bridgehead atoms. The number of benzene rings is 1. The maximum absolute atomic E-state index is 6.17. The Kier molecular flexibility index (Phi) is 7.90. The summed E-state index contributed by atoms with van der Waals surface area (Å²) in [5.74, 6) is 2.93. The van der Waals surface area contributed by atoms with Gasteiger partial charge in [0.15, 0.2) is 0 Å². The molecular weight excluding hydrogens is 430 g/mol. The molecule has 1 N–H and O–H groups in total. The molecule has 1 aromatic heterocycles. The summed E-state index contributed by atoms with van der Waals surface area (Å²) < 4.78 is 18.0. The molecule has 5 rings (SSSR count). The lowest BCUT2D eigenvalue weighted by atomic mass is 10.1. The molecule has 1 aromatic carbocycles. The third-order valence-corrected chi connectivity index (χ3v) is 6.64. The predicted molar refractivity (Wildman–Crippen MR) is 133 cm³/mol. The van der Waals surface area contributed by atoms with E-state index in [1.807, 2.05) is 36.5 Å². The molecule has 0 saturated carbocycles. The van der Waals surface area contributed by atoms with Crippen LogP contribution in [0.5, 0.6) is 5.75 Å². The first-order chi connectivity index (χ1) is 16.8. The minimum Gasteiger partial charge on any atom is -0.492 e. The minimum atomic E-state index is 0.469. The van der Waals surface area contributed by atoms with Crippen molar-refractivity contribution < 1.29 is 14.2 Å². The quantitative estimate of drug-likeness (QED) is 0.687. The molecule has 8 heteroatoms. The monoisotopic (exact) mass is 465 g/mol. The third-order valence-electron chi connectivity index (χ3n) is 6.64. The van der Waals surface area contributed by atoms with Gasteiger partial charge in [-0.2, -0.15) is 4.98 Å².